The highest BCUT2D eigenvalue weighted by Crippen LogP contribution is 2.28. The average Bonchev–Trinajstić information content (AvgIpc) is 2.78. The van der Waals surface area contributed by atoms with Crippen LogP contribution in [-0.2, 0) is 6.54 Å². The van der Waals surface area contributed by atoms with Crippen LogP contribution >= 0.6 is 15.9 Å². The molecular formula is C15H14BrN3O2. The van der Waals surface area contributed by atoms with Gasteiger partial charge in [-0.15, -0.1) is 0 Å². The van der Waals surface area contributed by atoms with Crippen LogP contribution in [-0.4, -0.2) is 15.1 Å². The zero-order valence-electron chi connectivity index (χ0n) is 11.3. The first kappa shape index (κ1) is 13.8. The number of phenolic OH excluding ortho intramolecular Hbond substituents is 1. The van der Waals surface area contributed by atoms with Crippen molar-refractivity contribution in [2.45, 2.75) is 13.5 Å². The number of phenols is 1. The van der Waals surface area contributed by atoms with Gasteiger partial charge in [0.15, 0.2) is 0 Å². The molecule has 4 N–H and O–H groups in total. The van der Waals surface area contributed by atoms with E-state index in [-0.39, 0.29) is 11.4 Å². The number of rotatable bonds is 3. The van der Waals surface area contributed by atoms with Crippen LogP contribution in [0, 0.1) is 6.92 Å². The minimum atomic E-state index is -0.231. The van der Waals surface area contributed by atoms with Crippen LogP contribution in [0.3, 0.4) is 0 Å². The topological polar surface area (TPSA) is 80.9 Å². The van der Waals surface area contributed by atoms with Crippen LogP contribution in [0.25, 0.3) is 11.0 Å². The summed E-state index contributed by atoms with van der Waals surface area (Å²) >= 11 is 3.47. The number of anilines is 1. The SMILES string of the molecule is Cc1ccc(O)c(CNc2cc3[nH]c(=O)[nH]c3cc2Br)c1. The number of fused-ring (bicyclic) bond motifs is 1. The van der Waals surface area contributed by atoms with Crippen molar-refractivity contribution in [1.29, 1.82) is 0 Å². The van der Waals surface area contributed by atoms with Crippen molar-refractivity contribution < 1.29 is 5.11 Å². The van der Waals surface area contributed by atoms with Gasteiger partial charge >= 0.3 is 5.69 Å². The highest BCUT2D eigenvalue weighted by Gasteiger charge is 2.07. The molecule has 0 saturated heterocycles. The van der Waals surface area contributed by atoms with Gasteiger partial charge in [0.25, 0.3) is 0 Å². The van der Waals surface area contributed by atoms with E-state index in [4.69, 9.17) is 0 Å². The van der Waals surface area contributed by atoms with Gasteiger partial charge in [-0.2, -0.15) is 0 Å². The molecule has 0 bridgehead atoms. The molecule has 0 radical (unpaired) electrons. The first-order valence-corrected chi connectivity index (χ1v) is 7.26. The van der Waals surface area contributed by atoms with Gasteiger partial charge in [-0.05, 0) is 41.1 Å². The number of H-pyrrole nitrogens is 2. The van der Waals surface area contributed by atoms with Crippen LogP contribution in [0.1, 0.15) is 11.1 Å². The molecule has 6 heteroatoms. The molecule has 0 saturated carbocycles. The van der Waals surface area contributed by atoms with E-state index in [9.17, 15) is 9.90 Å². The Kier molecular flexibility index (Phi) is 3.47. The molecule has 0 aliphatic carbocycles. The number of imidazole rings is 1. The summed E-state index contributed by atoms with van der Waals surface area (Å²) in [6, 6.07) is 9.18. The Morgan fingerprint density at radius 1 is 1.19 bits per heavy atom. The second-order valence-corrected chi connectivity index (χ2v) is 5.80. The molecule has 0 aliphatic heterocycles. The third-order valence-corrected chi connectivity index (χ3v) is 3.96. The second kappa shape index (κ2) is 5.29. The van der Waals surface area contributed by atoms with E-state index in [1.54, 1.807) is 6.07 Å². The zero-order chi connectivity index (χ0) is 15.0. The Balaban J connectivity index is 1.89. The predicted octanol–water partition coefficient (Wildman–Crippen LogP) is 3.24. The van der Waals surface area contributed by atoms with Gasteiger partial charge in [-0.1, -0.05) is 17.7 Å². The Labute approximate surface area is 129 Å². The van der Waals surface area contributed by atoms with E-state index in [0.29, 0.717) is 6.54 Å². The summed E-state index contributed by atoms with van der Waals surface area (Å²) in [6.45, 7) is 2.47. The van der Waals surface area contributed by atoms with E-state index in [1.165, 1.54) is 0 Å². The Morgan fingerprint density at radius 2 is 1.90 bits per heavy atom. The summed E-state index contributed by atoms with van der Waals surface area (Å²) in [5.74, 6) is 0.264. The lowest BCUT2D eigenvalue weighted by Gasteiger charge is -2.11. The third-order valence-electron chi connectivity index (χ3n) is 3.31. The highest BCUT2D eigenvalue weighted by atomic mass is 79.9. The normalized spacial score (nSPS) is 11.0. The molecule has 21 heavy (non-hydrogen) atoms. The van der Waals surface area contributed by atoms with Gasteiger partial charge < -0.3 is 20.4 Å². The Hall–Kier alpha value is -2.21. The minimum absolute atomic E-state index is 0.231. The lowest BCUT2D eigenvalue weighted by molar-refractivity contribution is 0.469. The smallest absolute Gasteiger partial charge is 0.323 e. The molecule has 0 atom stereocenters. The molecular weight excluding hydrogens is 334 g/mol. The van der Waals surface area contributed by atoms with Gasteiger partial charge in [0.05, 0.1) is 16.7 Å². The number of aryl methyl sites for hydroxylation is 1. The standard InChI is InChI=1S/C15H14BrN3O2/c1-8-2-3-14(20)9(4-8)7-17-11-6-13-12(5-10(11)16)18-15(21)19-13/h2-6,17,20H,7H2,1H3,(H2,18,19,21). The van der Waals surface area contributed by atoms with Gasteiger partial charge in [0.2, 0.25) is 0 Å². The monoisotopic (exact) mass is 347 g/mol. The summed E-state index contributed by atoms with van der Waals surface area (Å²) in [5, 5.41) is 13.1. The van der Waals surface area contributed by atoms with Gasteiger partial charge in [-0.3, -0.25) is 0 Å². The van der Waals surface area contributed by atoms with Crippen molar-refractivity contribution in [1.82, 2.24) is 9.97 Å². The maximum absolute atomic E-state index is 11.3. The molecule has 0 aliphatic rings. The first-order chi connectivity index (χ1) is 10.0. The first-order valence-electron chi connectivity index (χ1n) is 6.47. The average molecular weight is 348 g/mol. The third kappa shape index (κ3) is 2.80. The summed E-state index contributed by atoms with van der Waals surface area (Å²) in [5.41, 5.74) is 4.01. The lowest BCUT2D eigenvalue weighted by atomic mass is 10.1. The van der Waals surface area contributed by atoms with E-state index >= 15 is 0 Å². The largest absolute Gasteiger partial charge is 0.508 e. The minimum Gasteiger partial charge on any atom is -0.508 e. The second-order valence-electron chi connectivity index (χ2n) is 4.94. The zero-order valence-corrected chi connectivity index (χ0v) is 12.9. The van der Waals surface area contributed by atoms with Crippen LogP contribution in [0.4, 0.5) is 5.69 Å². The molecule has 0 amide bonds. The molecule has 0 fully saturated rings. The van der Waals surface area contributed by atoms with Crippen LogP contribution in [0.15, 0.2) is 39.6 Å². The summed E-state index contributed by atoms with van der Waals surface area (Å²) in [4.78, 5) is 16.7. The molecule has 108 valence electrons. The lowest BCUT2D eigenvalue weighted by Crippen LogP contribution is -2.01. The fourth-order valence-electron chi connectivity index (χ4n) is 2.24. The van der Waals surface area contributed by atoms with E-state index < -0.39 is 0 Å². The Morgan fingerprint density at radius 3 is 2.67 bits per heavy atom. The molecule has 0 unspecified atom stereocenters. The number of hydrogen-bond acceptors (Lipinski definition) is 3. The molecule has 1 heterocycles. The number of benzene rings is 2. The van der Waals surface area contributed by atoms with Crippen molar-refractivity contribution in [2.75, 3.05) is 5.32 Å². The van der Waals surface area contributed by atoms with Gasteiger partial charge in [0, 0.05) is 16.6 Å². The maximum Gasteiger partial charge on any atom is 0.323 e. The molecule has 2 aromatic carbocycles. The van der Waals surface area contributed by atoms with Crippen LogP contribution < -0.4 is 11.0 Å². The van der Waals surface area contributed by atoms with Crippen molar-refractivity contribution >= 4 is 32.7 Å². The van der Waals surface area contributed by atoms with Crippen molar-refractivity contribution in [3.63, 3.8) is 0 Å². The number of halogens is 1. The molecule has 3 aromatic rings. The molecule has 1 aromatic heterocycles. The summed E-state index contributed by atoms with van der Waals surface area (Å²) in [6.07, 6.45) is 0. The number of nitrogens with one attached hydrogen (secondary N) is 3. The van der Waals surface area contributed by atoms with Crippen molar-refractivity contribution in [3.05, 3.63) is 56.4 Å². The number of aromatic amines is 2. The van der Waals surface area contributed by atoms with Crippen molar-refractivity contribution in [3.8, 4) is 5.75 Å². The summed E-state index contributed by atoms with van der Waals surface area (Å²) < 4.78 is 0.845. The predicted molar refractivity (Wildman–Crippen MR) is 86.8 cm³/mol. The summed E-state index contributed by atoms with van der Waals surface area (Å²) in [7, 11) is 0. The molecule has 5 nitrogen and oxygen atoms in total. The van der Waals surface area contributed by atoms with Crippen LogP contribution in [0.5, 0.6) is 5.75 Å². The highest BCUT2D eigenvalue weighted by molar-refractivity contribution is 9.10. The number of aromatic nitrogens is 2. The quantitative estimate of drug-likeness (QED) is 0.587. The van der Waals surface area contributed by atoms with Gasteiger partial charge in [-0.25, -0.2) is 4.79 Å². The number of aromatic hydroxyl groups is 1. The van der Waals surface area contributed by atoms with E-state index in [1.807, 2.05) is 31.2 Å². The fourth-order valence-corrected chi connectivity index (χ4v) is 2.72. The Bertz CT molecular complexity index is 867. The fraction of sp³-hybridized carbons (Fsp3) is 0.133. The molecule has 3 rings (SSSR count). The van der Waals surface area contributed by atoms with Gasteiger partial charge in [0.1, 0.15) is 5.75 Å². The van der Waals surface area contributed by atoms with E-state index in [2.05, 4.69) is 31.2 Å². The molecule has 0 spiro atoms. The van der Waals surface area contributed by atoms with E-state index in [0.717, 1.165) is 32.3 Å². The number of hydrogen-bond donors (Lipinski definition) is 4. The van der Waals surface area contributed by atoms with Crippen LogP contribution in [0.2, 0.25) is 0 Å². The maximum atomic E-state index is 11.3. The van der Waals surface area contributed by atoms with Crippen molar-refractivity contribution in [2.24, 2.45) is 0 Å².